The Hall–Kier alpha value is -2.73. The van der Waals surface area contributed by atoms with E-state index >= 15 is 0 Å². The first-order chi connectivity index (χ1) is 14.7. The van der Waals surface area contributed by atoms with Gasteiger partial charge >= 0.3 is 0 Å². The first-order valence-corrected chi connectivity index (χ1v) is 11.1. The van der Waals surface area contributed by atoms with Gasteiger partial charge in [-0.25, -0.2) is 4.98 Å². The second kappa shape index (κ2) is 8.19. The van der Waals surface area contributed by atoms with Gasteiger partial charge in [0.25, 0.3) is 5.56 Å². The van der Waals surface area contributed by atoms with E-state index in [9.17, 15) is 4.79 Å². The van der Waals surface area contributed by atoms with Crippen molar-refractivity contribution in [2.45, 2.75) is 19.5 Å². The third-order valence-electron chi connectivity index (χ3n) is 5.41. The smallest absolute Gasteiger partial charge is 0.254 e. The van der Waals surface area contributed by atoms with Crippen molar-refractivity contribution in [3.8, 4) is 22.5 Å². The molecule has 2 aromatic carbocycles. The van der Waals surface area contributed by atoms with Gasteiger partial charge in [-0.15, -0.1) is 11.3 Å². The van der Waals surface area contributed by atoms with Crippen LogP contribution in [0.2, 0.25) is 5.02 Å². The number of aromatic nitrogens is 2. The van der Waals surface area contributed by atoms with Crippen molar-refractivity contribution >= 4 is 22.9 Å². The highest BCUT2D eigenvalue weighted by atomic mass is 35.5. The normalized spacial score (nSPS) is 13.9. The second-order valence-corrected chi connectivity index (χ2v) is 8.91. The fourth-order valence-electron chi connectivity index (χ4n) is 3.84. The number of fused-ring (bicyclic) bond motifs is 1. The lowest BCUT2D eigenvalue weighted by Crippen LogP contribution is -2.34. The zero-order chi connectivity index (χ0) is 20.5. The number of H-pyrrole nitrogens is 1. The molecule has 0 amide bonds. The van der Waals surface area contributed by atoms with Crippen LogP contribution in [0.3, 0.4) is 0 Å². The van der Waals surface area contributed by atoms with Crippen molar-refractivity contribution in [1.29, 1.82) is 0 Å². The molecule has 0 atom stereocenters. The molecule has 0 radical (unpaired) electrons. The van der Waals surface area contributed by atoms with Crippen molar-refractivity contribution in [2.75, 3.05) is 6.54 Å². The van der Waals surface area contributed by atoms with Crippen molar-refractivity contribution in [2.24, 2.45) is 0 Å². The van der Waals surface area contributed by atoms with Gasteiger partial charge in [0.1, 0.15) is 5.82 Å². The van der Waals surface area contributed by atoms with Crippen LogP contribution < -0.4 is 5.56 Å². The first kappa shape index (κ1) is 19.2. The van der Waals surface area contributed by atoms with E-state index in [-0.39, 0.29) is 5.56 Å². The third-order valence-corrected chi connectivity index (χ3v) is 6.58. The molecule has 0 saturated carbocycles. The minimum Gasteiger partial charge on any atom is -0.306 e. The molecule has 4 aromatic rings. The van der Waals surface area contributed by atoms with E-state index in [2.05, 4.69) is 45.6 Å². The fraction of sp³-hybridized carbons (Fsp3) is 0.167. The summed E-state index contributed by atoms with van der Waals surface area (Å²) in [5.74, 6) is 0.597. The van der Waals surface area contributed by atoms with Gasteiger partial charge in [0, 0.05) is 40.7 Å². The van der Waals surface area contributed by atoms with E-state index < -0.39 is 0 Å². The Labute approximate surface area is 183 Å². The van der Waals surface area contributed by atoms with Crippen molar-refractivity contribution in [1.82, 2.24) is 14.9 Å². The summed E-state index contributed by atoms with van der Waals surface area (Å²) in [6.45, 7) is 2.40. The Kier molecular flexibility index (Phi) is 5.25. The lowest BCUT2D eigenvalue weighted by Gasteiger charge is -2.27. The molecular weight excluding hydrogens is 414 g/mol. The van der Waals surface area contributed by atoms with Crippen molar-refractivity contribution in [3.05, 3.63) is 97.6 Å². The number of nitrogens with one attached hydrogen (secondary N) is 1. The van der Waals surface area contributed by atoms with E-state index in [4.69, 9.17) is 16.6 Å². The molecular formula is C24H20ClN3OS. The molecule has 5 rings (SSSR count). The summed E-state index contributed by atoms with van der Waals surface area (Å²) in [5, 5.41) is 2.88. The molecule has 1 aliphatic rings. The van der Waals surface area contributed by atoms with Crippen LogP contribution in [-0.4, -0.2) is 21.4 Å². The molecule has 2 aromatic heterocycles. The zero-order valence-corrected chi connectivity index (χ0v) is 17.8. The standard InChI is InChI=1S/C24H20ClN3OS/c25-19-8-6-17(7-9-19)23-26-22-14-28(11-10-21(22)24(29)27-23)13-20-12-18(15-30-20)16-4-2-1-3-5-16/h1-9,12,15H,10-11,13-14H2,(H,26,27,29). The topological polar surface area (TPSA) is 49.0 Å². The maximum absolute atomic E-state index is 12.6. The molecule has 0 bridgehead atoms. The van der Waals surface area contributed by atoms with Gasteiger partial charge < -0.3 is 4.98 Å². The van der Waals surface area contributed by atoms with E-state index in [1.807, 2.05) is 30.3 Å². The number of hydrogen-bond donors (Lipinski definition) is 1. The number of nitrogens with zero attached hydrogens (tertiary/aromatic N) is 2. The van der Waals surface area contributed by atoms with Gasteiger partial charge in [0.2, 0.25) is 0 Å². The largest absolute Gasteiger partial charge is 0.306 e. The third kappa shape index (κ3) is 3.97. The Balaban J connectivity index is 1.36. The van der Waals surface area contributed by atoms with Crippen LogP contribution in [0.4, 0.5) is 0 Å². The highest BCUT2D eigenvalue weighted by Gasteiger charge is 2.22. The molecule has 0 spiro atoms. The van der Waals surface area contributed by atoms with Gasteiger partial charge in [-0.3, -0.25) is 9.69 Å². The molecule has 6 heteroatoms. The minimum atomic E-state index is -0.0351. The predicted molar refractivity (Wildman–Crippen MR) is 123 cm³/mol. The van der Waals surface area contributed by atoms with Crippen molar-refractivity contribution in [3.63, 3.8) is 0 Å². The molecule has 30 heavy (non-hydrogen) atoms. The molecule has 0 saturated heterocycles. The van der Waals surface area contributed by atoms with E-state index in [1.54, 1.807) is 11.3 Å². The second-order valence-electron chi connectivity index (χ2n) is 7.48. The number of rotatable bonds is 4. The maximum atomic E-state index is 12.6. The molecule has 1 N–H and O–H groups in total. The predicted octanol–water partition coefficient (Wildman–Crippen LogP) is 5.38. The lowest BCUT2D eigenvalue weighted by atomic mass is 10.1. The van der Waals surface area contributed by atoms with Gasteiger partial charge in [-0.1, -0.05) is 41.9 Å². The molecule has 0 fully saturated rings. The van der Waals surface area contributed by atoms with E-state index in [1.165, 1.54) is 16.0 Å². The summed E-state index contributed by atoms with van der Waals surface area (Å²) in [6, 6.07) is 20.1. The van der Waals surface area contributed by atoms with Crippen LogP contribution >= 0.6 is 22.9 Å². The minimum absolute atomic E-state index is 0.0351. The molecule has 4 nitrogen and oxygen atoms in total. The Morgan fingerprint density at radius 3 is 2.63 bits per heavy atom. The van der Waals surface area contributed by atoms with Crippen LogP contribution in [0.5, 0.6) is 0 Å². The van der Waals surface area contributed by atoms with Crippen molar-refractivity contribution < 1.29 is 0 Å². The van der Waals surface area contributed by atoms with Crippen LogP contribution in [0, 0.1) is 0 Å². The Morgan fingerprint density at radius 1 is 1.03 bits per heavy atom. The van der Waals surface area contributed by atoms with E-state index in [0.717, 1.165) is 36.3 Å². The van der Waals surface area contributed by atoms with Crippen LogP contribution in [-0.2, 0) is 19.5 Å². The highest BCUT2D eigenvalue weighted by molar-refractivity contribution is 7.10. The molecule has 150 valence electrons. The number of aromatic amines is 1. The zero-order valence-electron chi connectivity index (χ0n) is 16.3. The molecule has 0 unspecified atom stereocenters. The number of halogens is 1. The van der Waals surface area contributed by atoms with Gasteiger partial charge in [0.15, 0.2) is 0 Å². The monoisotopic (exact) mass is 433 g/mol. The van der Waals surface area contributed by atoms with Crippen LogP contribution in [0.25, 0.3) is 22.5 Å². The quantitative estimate of drug-likeness (QED) is 0.470. The van der Waals surface area contributed by atoms with Crippen LogP contribution in [0.15, 0.2) is 70.8 Å². The first-order valence-electron chi connectivity index (χ1n) is 9.89. The maximum Gasteiger partial charge on any atom is 0.254 e. The average Bonchev–Trinajstić information content (AvgIpc) is 3.23. The van der Waals surface area contributed by atoms with Gasteiger partial charge in [-0.05, 0) is 53.3 Å². The SMILES string of the molecule is O=c1[nH]c(-c2ccc(Cl)cc2)nc2c1CCN(Cc1cc(-c3ccccc3)cs1)C2. The lowest BCUT2D eigenvalue weighted by molar-refractivity contribution is 0.243. The van der Waals surface area contributed by atoms with Gasteiger partial charge in [-0.2, -0.15) is 0 Å². The molecule has 1 aliphatic heterocycles. The number of benzene rings is 2. The molecule has 3 heterocycles. The summed E-state index contributed by atoms with van der Waals surface area (Å²) in [6.07, 6.45) is 0.718. The van der Waals surface area contributed by atoms with Crippen LogP contribution in [0.1, 0.15) is 16.1 Å². The fourth-order valence-corrected chi connectivity index (χ4v) is 4.90. The highest BCUT2D eigenvalue weighted by Crippen LogP contribution is 2.28. The summed E-state index contributed by atoms with van der Waals surface area (Å²) in [5.41, 5.74) is 5.00. The number of hydrogen-bond acceptors (Lipinski definition) is 4. The van der Waals surface area contributed by atoms with Gasteiger partial charge in [0.05, 0.1) is 5.69 Å². The average molecular weight is 434 g/mol. The summed E-state index contributed by atoms with van der Waals surface area (Å²) in [4.78, 5) is 24.0. The Bertz CT molecular complexity index is 1230. The summed E-state index contributed by atoms with van der Waals surface area (Å²) in [7, 11) is 0. The van der Waals surface area contributed by atoms with E-state index in [0.29, 0.717) is 17.4 Å². The summed E-state index contributed by atoms with van der Waals surface area (Å²) < 4.78 is 0. The Morgan fingerprint density at radius 2 is 1.83 bits per heavy atom. The summed E-state index contributed by atoms with van der Waals surface area (Å²) >= 11 is 7.77. The molecule has 0 aliphatic carbocycles. The number of thiophene rings is 1.